The van der Waals surface area contributed by atoms with Gasteiger partial charge in [0.2, 0.25) is 0 Å². The van der Waals surface area contributed by atoms with Gasteiger partial charge in [-0.1, -0.05) is 12.1 Å². The van der Waals surface area contributed by atoms with Crippen LogP contribution in [0.15, 0.2) is 36.7 Å². The standard InChI is InChI=1S/C18H20N6O2/c1-13-11-16(20-18-21-19-12-24(13)18)22-7-9-23(10-8-22)17(25)14-5-3-4-6-15(14)26-2/h3-6,11-12H,7-10H2,1-2H3. The third-order valence-corrected chi connectivity index (χ3v) is 4.69. The van der Waals surface area contributed by atoms with Gasteiger partial charge in [0.1, 0.15) is 17.9 Å². The molecule has 0 bridgehead atoms. The first-order valence-corrected chi connectivity index (χ1v) is 8.52. The van der Waals surface area contributed by atoms with Crippen molar-refractivity contribution in [3.8, 4) is 5.75 Å². The van der Waals surface area contributed by atoms with Crippen LogP contribution in [0.1, 0.15) is 16.1 Å². The minimum Gasteiger partial charge on any atom is -0.496 e. The summed E-state index contributed by atoms with van der Waals surface area (Å²) in [5, 5.41) is 7.93. The summed E-state index contributed by atoms with van der Waals surface area (Å²) in [5.74, 6) is 2.06. The summed E-state index contributed by atoms with van der Waals surface area (Å²) < 4.78 is 7.16. The van der Waals surface area contributed by atoms with E-state index in [4.69, 9.17) is 4.74 Å². The Bertz CT molecular complexity index is 946. The third-order valence-electron chi connectivity index (χ3n) is 4.69. The van der Waals surface area contributed by atoms with Gasteiger partial charge in [-0.05, 0) is 19.1 Å². The number of piperazine rings is 1. The molecule has 1 aliphatic heterocycles. The highest BCUT2D eigenvalue weighted by Crippen LogP contribution is 2.21. The van der Waals surface area contributed by atoms with Gasteiger partial charge in [0.05, 0.1) is 12.7 Å². The molecular formula is C18H20N6O2. The lowest BCUT2D eigenvalue weighted by Crippen LogP contribution is -2.49. The molecule has 26 heavy (non-hydrogen) atoms. The van der Waals surface area contributed by atoms with Crippen molar-refractivity contribution in [2.24, 2.45) is 0 Å². The van der Waals surface area contributed by atoms with Crippen molar-refractivity contribution in [3.05, 3.63) is 47.9 Å². The van der Waals surface area contributed by atoms with Gasteiger partial charge >= 0.3 is 0 Å². The molecule has 0 spiro atoms. The molecule has 0 N–H and O–H groups in total. The van der Waals surface area contributed by atoms with Crippen molar-refractivity contribution in [2.45, 2.75) is 6.92 Å². The molecule has 1 amide bonds. The van der Waals surface area contributed by atoms with Gasteiger partial charge in [0, 0.05) is 37.9 Å². The molecule has 0 atom stereocenters. The molecule has 4 rings (SSSR count). The number of hydrogen-bond acceptors (Lipinski definition) is 6. The molecule has 1 saturated heterocycles. The lowest BCUT2D eigenvalue weighted by Gasteiger charge is -2.35. The zero-order valence-corrected chi connectivity index (χ0v) is 14.8. The molecule has 3 aromatic rings. The fourth-order valence-corrected chi connectivity index (χ4v) is 3.24. The molecule has 0 aliphatic carbocycles. The Morgan fingerprint density at radius 3 is 2.69 bits per heavy atom. The highest BCUT2D eigenvalue weighted by atomic mass is 16.5. The maximum Gasteiger partial charge on any atom is 0.257 e. The summed E-state index contributed by atoms with van der Waals surface area (Å²) >= 11 is 0. The van der Waals surface area contributed by atoms with Gasteiger partial charge in [0.25, 0.3) is 11.7 Å². The van der Waals surface area contributed by atoms with Crippen LogP contribution in [0.5, 0.6) is 5.75 Å². The summed E-state index contributed by atoms with van der Waals surface area (Å²) in [4.78, 5) is 21.4. The summed E-state index contributed by atoms with van der Waals surface area (Å²) in [6, 6.07) is 9.35. The molecule has 1 aromatic carbocycles. The van der Waals surface area contributed by atoms with E-state index in [9.17, 15) is 4.79 Å². The van der Waals surface area contributed by atoms with Crippen LogP contribution < -0.4 is 9.64 Å². The van der Waals surface area contributed by atoms with Crippen LogP contribution >= 0.6 is 0 Å². The first-order valence-electron chi connectivity index (χ1n) is 8.52. The Kier molecular flexibility index (Phi) is 4.16. The number of carbonyl (C=O) groups excluding carboxylic acids is 1. The van der Waals surface area contributed by atoms with Crippen LogP contribution in [-0.4, -0.2) is 63.7 Å². The van der Waals surface area contributed by atoms with Crippen LogP contribution in [-0.2, 0) is 0 Å². The summed E-state index contributed by atoms with van der Waals surface area (Å²) in [6.45, 7) is 4.71. The van der Waals surface area contributed by atoms with Crippen molar-refractivity contribution < 1.29 is 9.53 Å². The predicted molar refractivity (Wildman–Crippen MR) is 96.6 cm³/mol. The van der Waals surface area contributed by atoms with Gasteiger partial charge in [-0.3, -0.25) is 9.20 Å². The monoisotopic (exact) mass is 352 g/mol. The van der Waals surface area contributed by atoms with E-state index in [0.717, 1.165) is 24.6 Å². The number of ether oxygens (including phenoxy) is 1. The molecule has 8 heteroatoms. The van der Waals surface area contributed by atoms with Crippen LogP contribution in [0, 0.1) is 6.92 Å². The average Bonchev–Trinajstić information content (AvgIpc) is 3.17. The first kappa shape index (κ1) is 16.3. The van der Waals surface area contributed by atoms with Crippen molar-refractivity contribution in [1.82, 2.24) is 24.5 Å². The number of nitrogens with zero attached hydrogens (tertiary/aromatic N) is 6. The number of carbonyl (C=O) groups is 1. The third kappa shape index (κ3) is 2.83. The summed E-state index contributed by atoms with van der Waals surface area (Å²) in [6.07, 6.45) is 1.66. The first-order chi connectivity index (χ1) is 12.7. The van der Waals surface area contributed by atoms with Crippen molar-refractivity contribution in [2.75, 3.05) is 38.2 Å². The number of hydrogen-bond donors (Lipinski definition) is 0. The normalized spacial score (nSPS) is 14.7. The predicted octanol–water partition coefficient (Wildman–Crippen LogP) is 1.40. The van der Waals surface area contributed by atoms with E-state index < -0.39 is 0 Å². The minimum absolute atomic E-state index is 0.000788. The van der Waals surface area contributed by atoms with E-state index in [-0.39, 0.29) is 5.91 Å². The van der Waals surface area contributed by atoms with E-state index in [1.54, 1.807) is 19.5 Å². The van der Waals surface area contributed by atoms with Crippen LogP contribution in [0.3, 0.4) is 0 Å². The van der Waals surface area contributed by atoms with Crippen LogP contribution in [0.2, 0.25) is 0 Å². The number of aromatic nitrogens is 4. The molecule has 8 nitrogen and oxygen atoms in total. The van der Waals surface area contributed by atoms with Gasteiger partial charge in [-0.25, -0.2) is 0 Å². The quantitative estimate of drug-likeness (QED) is 0.709. The number of benzene rings is 1. The second kappa shape index (κ2) is 6.62. The Morgan fingerprint density at radius 1 is 1.15 bits per heavy atom. The van der Waals surface area contributed by atoms with E-state index >= 15 is 0 Å². The zero-order chi connectivity index (χ0) is 18.1. The number of anilines is 1. The highest BCUT2D eigenvalue weighted by molar-refractivity contribution is 5.97. The second-order valence-electron chi connectivity index (χ2n) is 6.24. The van der Waals surface area contributed by atoms with Crippen molar-refractivity contribution in [1.29, 1.82) is 0 Å². The number of fused-ring (bicyclic) bond motifs is 1. The van der Waals surface area contributed by atoms with E-state index in [1.165, 1.54) is 0 Å². The Morgan fingerprint density at radius 2 is 1.92 bits per heavy atom. The van der Waals surface area contributed by atoms with Gasteiger partial charge < -0.3 is 14.5 Å². The number of amides is 1. The van der Waals surface area contributed by atoms with Gasteiger partial charge in [0.15, 0.2) is 0 Å². The van der Waals surface area contributed by atoms with E-state index in [1.807, 2.05) is 40.5 Å². The topological polar surface area (TPSA) is 75.9 Å². The van der Waals surface area contributed by atoms with Crippen molar-refractivity contribution >= 4 is 17.5 Å². The average molecular weight is 352 g/mol. The van der Waals surface area contributed by atoms with Gasteiger partial charge in [-0.2, -0.15) is 4.98 Å². The number of aryl methyl sites for hydroxylation is 1. The number of para-hydroxylation sites is 1. The molecule has 1 aliphatic rings. The van der Waals surface area contributed by atoms with Crippen molar-refractivity contribution in [3.63, 3.8) is 0 Å². The van der Waals surface area contributed by atoms with E-state index in [0.29, 0.717) is 30.2 Å². The van der Waals surface area contributed by atoms with E-state index in [2.05, 4.69) is 20.1 Å². The maximum absolute atomic E-state index is 12.8. The molecule has 0 unspecified atom stereocenters. The lowest BCUT2D eigenvalue weighted by atomic mass is 10.1. The summed E-state index contributed by atoms with van der Waals surface area (Å²) in [7, 11) is 1.58. The molecule has 0 radical (unpaired) electrons. The highest BCUT2D eigenvalue weighted by Gasteiger charge is 2.25. The molecule has 2 aromatic heterocycles. The smallest absolute Gasteiger partial charge is 0.257 e. The Labute approximate surface area is 151 Å². The SMILES string of the molecule is COc1ccccc1C(=O)N1CCN(c2cc(C)n3cnnc3n2)CC1. The Balaban J connectivity index is 1.49. The maximum atomic E-state index is 12.8. The fraction of sp³-hybridized carbons (Fsp3) is 0.333. The Hall–Kier alpha value is -3.16. The molecule has 0 saturated carbocycles. The molecule has 1 fully saturated rings. The molecule has 3 heterocycles. The van der Waals surface area contributed by atoms with Crippen LogP contribution in [0.25, 0.3) is 5.78 Å². The van der Waals surface area contributed by atoms with Crippen LogP contribution in [0.4, 0.5) is 5.82 Å². The van der Waals surface area contributed by atoms with Gasteiger partial charge in [-0.15, -0.1) is 10.2 Å². The zero-order valence-electron chi connectivity index (χ0n) is 14.8. The summed E-state index contributed by atoms with van der Waals surface area (Å²) in [5.41, 5.74) is 1.63. The number of methoxy groups -OCH3 is 1. The largest absolute Gasteiger partial charge is 0.496 e. The molecule has 134 valence electrons. The number of rotatable bonds is 3. The minimum atomic E-state index is -0.000788. The fourth-order valence-electron chi connectivity index (χ4n) is 3.24. The lowest BCUT2D eigenvalue weighted by molar-refractivity contribution is 0.0743. The molecular weight excluding hydrogens is 332 g/mol. The second-order valence-corrected chi connectivity index (χ2v) is 6.24.